The van der Waals surface area contributed by atoms with Crippen LogP contribution in [0.4, 0.5) is 0 Å². The third kappa shape index (κ3) is 3.65. The van der Waals surface area contributed by atoms with Gasteiger partial charge in [-0.1, -0.05) is 30.3 Å². The molecule has 0 saturated carbocycles. The highest BCUT2D eigenvalue weighted by Crippen LogP contribution is 2.18. The Kier molecular flexibility index (Phi) is 4.73. The number of ether oxygens (including phenoxy) is 1. The number of piperazine rings is 1. The van der Waals surface area contributed by atoms with Crippen molar-refractivity contribution < 1.29 is 14.3 Å². The number of benzene rings is 1. The third-order valence-corrected chi connectivity index (χ3v) is 4.37. The second-order valence-corrected chi connectivity index (χ2v) is 6.05. The van der Waals surface area contributed by atoms with E-state index < -0.39 is 0 Å². The zero-order chi connectivity index (χ0) is 15.4. The summed E-state index contributed by atoms with van der Waals surface area (Å²) in [5.41, 5.74) is 1.12. The maximum absolute atomic E-state index is 12.3. The fourth-order valence-electron chi connectivity index (χ4n) is 3.01. The lowest BCUT2D eigenvalue weighted by Crippen LogP contribution is -2.52. The van der Waals surface area contributed by atoms with Crippen LogP contribution in [0.2, 0.25) is 0 Å². The van der Waals surface area contributed by atoms with Crippen LogP contribution < -0.4 is 0 Å². The summed E-state index contributed by atoms with van der Waals surface area (Å²) in [5.74, 6) is 0.444. The highest BCUT2D eigenvalue weighted by molar-refractivity contribution is 5.86. The molecule has 2 amide bonds. The van der Waals surface area contributed by atoms with Gasteiger partial charge in [0, 0.05) is 39.3 Å². The Morgan fingerprint density at radius 1 is 1.23 bits per heavy atom. The Morgan fingerprint density at radius 2 is 2.05 bits per heavy atom. The molecule has 1 aromatic carbocycles. The zero-order valence-electron chi connectivity index (χ0n) is 12.7. The van der Waals surface area contributed by atoms with E-state index in [1.807, 2.05) is 35.2 Å². The summed E-state index contributed by atoms with van der Waals surface area (Å²) in [6.45, 7) is 3.50. The van der Waals surface area contributed by atoms with Crippen LogP contribution in [0.1, 0.15) is 18.4 Å². The number of rotatable bonds is 4. The second-order valence-electron chi connectivity index (χ2n) is 6.05. The average Bonchev–Trinajstić information content (AvgIpc) is 3.03. The average molecular weight is 302 g/mol. The number of carbonyl (C=O) groups excluding carboxylic acids is 2. The van der Waals surface area contributed by atoms with Gasteiger partial charge < -0.3 is 14.5 Å². The lowest BCUT2D eigenvalue weighted by atomic mass is 10.0. The molecule has 0 radical (unpaired) electrons. The maximum Gasteiger partial charge on any atom is 0.242 e. The normalized spacial score (nSPS) is 22.2. The molecule has 1 atom stereocenters. The Labute approximate surface area is 130 Å². The molecule has 22 heavy (non-hydrogen) atoms. The lowest BCUT2D eigenvalue weighted by molar-refractivity contribution is -0.146. The van der Waals surface area contributed by atoms with Crippen LogP contribution in [0.15, 0.2) is 30.3 Å². The maximum atomic E-state index is 12.3. The van der Waals surface area contributed by atoms with E-state index in [0.717, 1.165) is 18.6 Å². The molecular formula is C17H22N2O3. The third-order valence-electron chi connectivity index (χ3n) is 4.37. The monoisotopic (exact) mass is 302 g/mol. The second kappa shape index (κ2) is 6.92. The van der Waals surface area contributed by atoms with E-state index in [4.69, 9.17) is 4.74 Å². The van der Waals surface area contributed by atoms with E-state index in [9.17, 15) is 9.59 Å². The molecule has 0 aromatic heterocycles. The minimum Gasteiger partial charge on any atom is -0.381 e. The van der Waals surface area contributed by atoms with Gasteiger partial charge in [0.15, 0.2) is 0 Å². The Hall–Kier alpha value is -1.88. The number of carbonyl (C=O) groups is 2. The smallest absolute Gasteiger partial charge is 0.242 e. The molecule has 2 aliphatic heterocycles. The first-order chi connectivity index (χ1) is 10.7. The summed E-state index contributed by atoms with van der Waals surface area (Å²) in [5, 5.41) is 0. The molecule has 2 saturated heterocycles. The van der Waals surface area contributed by atoms with Crippen molar-refractivity contribution in [2.45, 2.75) is 19.4 Å². The molecule has 0 aliphatic carbocycles. The van der Waals surface area contributed by atoms with Crippen molar-refractivity contribution in [1.82, 2.24) is 9.80 Å². The number of nitrogens with zero attached hydrogens (tertiary/aromatic N) is 2. The van der Waals surface area contributed by atoms with Gasteiger partial charge in [0.1, 0.15) is 0 Å². The van der Waals surface area contributed by atoms with Crippen molar-refractivity contribution in [3.8, 4) is 0 Å². The summed E-state index contributed by atoms with van der Waals surface area (Å²) >= 11 is 0. The van der Waals surface area contributed by atoms with Gasteiger partial charge in [0.25, 0.3) is 0 Å². The van der Waals surface area contributed by atoms with E-state index in [2.05, 4.69) is 0 Å². The molecule has 2 heterocycles. The van der Waals surface area contributed by atoms with Gasteiger partial charge in [-0.2, -0.15) is 0 Å². The van der Waals surface area contributed by atoms with E-state index >= 15 is 0 Å². The van der Waals surface area contributed by atoms with Crippen molar-refractivity contribution in [2.75, 3.05) is 32.8 Å². The van der Waals surface area contributed by atoms with Crippen molar-refractivity contribution in [3.05, 3.63) is 35.9 Å². The zero-order valence-corrected chi connectivity index (χ0v) is 12.7. The van der Waals surface area contributed by atoms with Crippen molar-refractivity contribution in [3.63, 3.8) is 0 Å². The summed E-state index contributed by atoms with van der Waals surface area (Å²) in [6.07, 6.45) is 1.46. The first-order valence-electron chi connectivity index (χ1n) is 7.89. The van der Waals surface area contributed by atoms with Crippen LogP contribution in [0.5, 0.6) is 0 Å². The largest absolute Gasteiger partial charge is 0.381 e. The van der Waals surface area contributed by atoms with E-state index in [1.165, 1.54) is 0 Å². The van der Waals surface area contributed by atoms with Crippen molar-refractivity contribution in [1.29, 1.82) is 0 Å². The first-order valence-corrected chi connectivity index (χ1v) is 7.89. The highest BCUT2D eigenvalue weighted by atomic mass is 16.5. The van der Waals surface area contributed by atoms with Crippen molar-refractivity contribution in [2.24, 2.45) is 5.92 Å². The Morgan fingerprint density at radius 3 is 2.73 bits per heavy atom. The van der Waals surface area contributed by atoms with E-state index in [-0.39, 0.29) is 18.4 Å². The number of hydrogen-bond donors (Lipinski definition) is 0. The van der Waals surface area contributed by atoms with Gasteiger partial charge in [-0.15, -0.1) is 0 Å². The van der Waals surface area contributed by atoms with E-state index in [0.29, 0.717) is 38.6 Å². The van der Waals surface area contributed by atoms with Crippen LogP contribution in [-0.2, 0) is 20.9 Å². The van der Waals surface area contributed by atoms with Crippen molar-refractivity contribution >= 4 is 11.8 Å². The van der Waals surface area contributed by atoms with Gasteiger partial charge in [0.2, 0.25) is 11.8 Å². The highest BCUT2D eigenvalue weighted by Gasteiger charge is 2.29. The molecule has 0 bridgehead atoms. The summed E-state index contributed by atoms with van der Waals surface area (Å²) in [6, 6.07) is 9.96. The van der Waals surface area contributed by atoms with Crippen LogP contribution >= 0.6 is 0 Å². The number of hydrogen-bond acceptors (Lipinski definition) is 3. The molecule has 3 rings (SSSR count). The Bertz CT molecular complexity index is 526. The minimum atomic E-state index is 0.0334. The molecular weight excluding hydrogens is 280 g/mol. The predicted molar refractivity (Wildman–Crippen MR) is 82.0 cm³/mol. The fraction of sp³-hybridized carbons (Fsp3) is 0.529. The SMILES string of the molecule is O=C(C[C@H]1CCOC1)N1CCN(Cc2ccccc2)C(=O)C1. The van der Waals surface area contributed by atoms with Crippen LogP contribution in [0, 0.1) is 5.92 Å². The summed E-state index contributed by atoms with van der Waals surface area (Å²) in [4.78, 5) is 28.1. The molecule has 5 heteroatoms. The summed E-state index contributed by atoms with van der Waals surface area (Å²) < 4.78 is 5.30. The predicted octanol–water partition coefficient (Wildman–Crippen LogP) is 1.28. The van der Waals surface area contributed by atoms with Crippen LogP contribution in [0.3, 0.4) is 0 Å². The first kappa shape index (κ1) is 15.0. The topological polar surface area (TPSA) is 49.9 Å². The molecule has 1 aromatic rings. The van der Waals surface area contributed by atoms with Crippen LogP contribution in [0.25, 0.3) is 0 Å². The molecule has 2 fully saturated rings. The standard InChI is InChI=1S/C17H22N2O3/c20-16(10-15-6-9-22-13-15)19-8-7-18(17(21)12-19)11-14-4-2-1-3-5-14/h1-5,15H,6-13H2/t15-/m1/s1. The molecule has 118 valence electrons. The molecule has 0 spiro atoms. The molecule has 2 aliphatic rings. The van der Waals surface area contributed by atoms with Crippen LogP contribution in [-0.4, -0.2) is 54.5 Å². The molecule has 5 nitrogen and oxygen atoms in total. The van der Waals surface area contributed by atoms with E-state index in [1.54, 1.807) is 4.90 Å². The minimum absolute atomic E-state index is 0.0334. The van der Waals surface area contributed by atoms with Gasteiger partial charge in [-0.25, -0.2) is 0 Å². The quantitative estimate of drug-likeness (QED) is 0.842. The van der Waals surface area contributed by atoms with Gasteiger partial charge in [-0.05, 0) is 17.9 Å². The summed E-state index contributed by atoms with van der Waals surface area (Å²) in [7, 11) is 0. The number of amides is 2. The molecule has 0 N–H and O–H groups in total. The van der Waals surface area contributed by atoms with Gasteiger partial charge >= 0.3 is 0 Å². The van der Waals surface area contributed by atoms with Gasteiger partial charge in [-0.3, -0.25) is 9.59 Å². The Balaban J connectivity index is 1.51. The lowest BCUT2D eigenvalue weighted by Gasteiger charge is -2.34. The molecule has 0 unspecified atom stereocenters. The fourth-order valence-corrected chi connectivity index (χ4v) is 3.01. The van der Waals surface area contributed by atoms with Gasteiger partial charge in [0.05, 0.1) is 6.54 Å².